The lowest BCUT2D eigenvalue weighted by Crippen LogP contribution is -2.44. The molecule has 0 radical (unpaired) electrons. The fraction of sp³-hybridized carbons (Fsp3) is 0.625. The number of nitrogens with zero attached hydrogens (tertiary/aromatic N) is 2. The van der Waals surface area contributed by atoms with Gasteiger partial charge in [-0.05, 0) is 39.7 Å². The molecule has 0 bridgehead atoms. The number of rotatable bonds is 3. The number of carbonyl (C=O) groups is 1. The summed E-state index contributed by atoms with van der Waals surface area (Å²) in [6, 6.07) is 5.60. The summed E-state index contributed by atoms with van der Waals surface area (Å²) in [5.74, 6) is 0.958. The van der Waals surface area contributed by atoms with E-state index in [1.807, 2.05) is 39.0 Å². The van der Waals surface area contributed by atoms with Gasteiger partial charge >= 0.3 is 6.09 Å². The lowest BCUT2D eigenvalue weighted by molar-refractivity contribution is 0.0138. The first-order chi connectivity index (χ1) is 9.94. The molecule has 1 aromatic heterocycles. The van der Waals surface area contributed by atoms with E-state index < -0.39 is 5.60 Å². The number of pyridine rings is 1. The second-order valence-corrected chi connectivity index (χ2v) is 6.41. The Balaban J connectivity index is 1.82. The number of piperidine rings is 1. The predicted octanol–water partition coefficient (Wildman–Crippen LogP) is 3.11. The van der Waals surface area contributed by atoms with E-state index in [0.29, 0.717) is 24.9 Å². The molecule has 2 rings (SSSR count). The van der Waals surface area contributed by atoms with Crippen LogP contribution in [0.5, 0.6) is 5.88 Å². The van der Waals surface area contributed by atoms with Gasteiger partial charge in [0.15, 0.2) is 0 Å². The van der Waals surface area contributed by atoms with Gasteiger partial charge in [0.25, 0.3) is 0 Å². The number of carbonyl (C=O) groups excluding carboxylic acids is 1. The number of aromatic nitrogens is 1. The van der Waals surface area contributed by atoms with Crippen molar-refractivity contribution in [2.75, 3.05) is 19.7 Å². The molecule has 1 fully saturated rings. The van der Waals surface area contributed by atoms with Gasteiger partial charge in [-0.2, -0.15) is 0 Å². The van der Waals surface area contributed by atoms with Gasteiger partial charge in [0.05, 0.1) is 6.61 Å². The molecule has 0 N–H and O–H groups in total. The molecule has 5 nitrogen and oxygen atoms in total. The van der Waals surface area contributed by atoms with Crippen LogP contribution in [0.3, 0.4) is 0 Å². The van der Waals surface area contributed by atoms with E-state index in [2.05, 4.69) is 4.98 Å². The average molecular weight is 292 g/mol. The molecule has 1 atom stereocenters. The van der Waals surface area contributed by atoms with Gasteiger partial charge < -0.3 is 14.4 Å². The molecule has 1 aromatic rings. The SMILES string of the molecule is CC(C)(C)OC(=O)N1CCC[C@@H](COc2ccccn2)C1. The first-order valence-electron chi connectivity index (χ1n) is 7.46. The minimum atomic E-state index is -0.450. The molecule has 1 aliphatic heterocycles. The number of amides is 1. The van der Waals surface area contributed by atoms with E-state index >= 15 is 0 Å². The molecule has 5 heteroatoms. The van der Waals surface area contributed by atoms with Crippen LogP contribution in [0.25, 0.3) is 0 Å². The van der Waals surface area contributed by atoms with E-state index in [1.165, 1.54) is 0 Å². The topological polar surface area (TPSA) is 51.7 Å². The van der Waals surface area contributed by atoms with Crippen LogP contribution in [0.2, 0.25) is 0 Å². The summed E-state index contributed by atoms with van der Waals surface area (Å²) in [4.78, 5) is 18.0. The van der Waals surface area contributed by atoms with Crippen LogP contribution in [0.15, 0.2) is 24.4 Å². The Kier molecular flexibility index (Phi) is 5.04. The molecule has 1 saturated heterocycles. The van der Waals surface area contributed by atoms with E-state index in [-0.39, 0.29) is 6.09 Å². The first kappa shape index (κ1) is 15.6. The monoisotopic (exact) mass is 292 g/mol. The molecular weight excluding hydrogens is 268 g/mol. The van der Waals surface area contributed by atoms with Crippen molar-refractivity contribution in [3.63, 3.8) is 0 Å². The van der Waals surface area contributed by atoms with Crippen LogP contribution in [0, 0.1) is 5.92 Å². The molecule has 0 saturated carbocycles. The zero-order valence-corrected chi connectivity index (χ0v) is 13.0. The standard InChI is InChI=1S/C16H24N2O3/c1-16(2,3)21-15(19)18-10-6-7-13(11-18)12-20-14-8-4-5-9-17-14/h4-5,8-9,13H,6-7,10-12H2,1-3H3/t13-/m1/s1. The maximum atomic E-state index is 12.1. The third kappa shape index (κ3) is 5.25. The van der Waals surface area contributed by atoms with Crippen molar-refractivity contribution in [3.05, 3.63) is 24.4 Å². The highest BCUT2D eigenvalue weighted by Crippen LogP contribution is 2.20. The molecule has 0 spiro atoms. The highest BCUT2D eigenvalue weighted by atomic mass is 16.6. The summed E-state index contributed by atoms with van der Waals surface area (Å²) in [6.07, 6.45) is 3.52. The second kappa shape index (κ2) is 6.78. The normalized spacial score (nSPS) is 19.2. The quantitative estimate of drug-likeness (QED) is 0.859. The maximum Gasteiger partial charge on any atom is 0.410 e. The second-order valence-electron chi connectivity index (χ2n) is 6.41. The number of hydrogen-bond acceptors (Lipinski definition) is 4. The van der Waals surface area contributed by atoms with E-state index in [1.54, 1.807) is 11.1 Å². The van der Waals surface area contributed by atoms with Crippen molar-refractivity contribution in [2.24, 2.45) is 5.92 Å². The van der Waals surface area contributed by atoms with Crippen LogP contribution < -0.4 is 4.74 Å². The van der Waals surface area contributed by atoms with Gasteiger partial charge in [-0.3, -0.25) is 0 Å². The smallest absolute Gasteiger partial charge is 0.410 e. The summed E-state index contributed by atoms with van der Waals surface area (Å²) in [5.41, 5.74) is -0.450. The third-order valence-electron chi connectivity index (χ3n) is 3.28. The van der Waals surface area contributed by atoms with Crippen LogP contribution in [0.1, 0.15) is 33.6 Å². The van der Waals surface area contributed by atoms with E-state index in [9.17, 15) is 4.79 Å². The summed E-state index contributed by atoms with van der Waals surface area (Å²) in [5, 5.41) is 0. The van der Waals surface area contributed by atoms with E-state index in [0.717, 1.165) is 19.4 Å². The van der Waals surface area contributed by atoms with Gasteiger partial charge in [-0.25, -0.2) is 9.78 Å². The summed E-state index contributed by atoms with van der Waals surface area (Å²) >= 11 is 0. The van der Waals surface area contributed by atoms with Crippen molar-refractivity contribution in [3.8, 4) is 5.88 Å². The van der Waals surface area contributed by atoms with Crippen molar-refractivity contribution in [2.45, 2.75) is 39.2 Å². The highest BCUT2D eigenvalue weighted by molar-refractivity contribution is 5.68. The average Bonchev–Trinajstić information content (AvgIpc) is 2.45. The number of ether oxygens (including phenoxy) is 2. The lowest BCUT2D eigenvalue weighted by atomic mass is 9.99. The molecule has 116 valence electrons. The van der Waals surface area contributed by atoms with Crippen molar-refractivity contribution < 1.29 is 14.3 Å². The van der Waals surface area contributed by atoms with Gasteiger partial charge in [0.2, 0.25) is 5.88 Å². The Morgan fingerprint density at radius 2 is 2.24 bits per heavy atom. The zero-order valence-electron chi connectivity index (χ0n) is 13.0. The first-order valence-corrected chi connectivity index (χ1v) is 7.46. The molecule has 1 aliphatic rings. The van der Waals surface area contributed by atoms with E-state index in [4.69, 9.17) is 9.47 Å². The summed E-state index contributed by atoms with van der Waals surface area (Å²) in [6.45, 7) is 7.68. The Morgan fingerprint density at radius 3 is 2.90 bits per heavy atom. The van der Waals surface area contributed by atoms with Gasteiger partial charge in [0.1, 0.15) is 5.60 Å². The molecule has 0 aliphatic carbocycles. The maximum absolute atomic E-state index is 12.1. The largest absolute Gasteiger partial charge is 0.477 e. The van der Waals surface area contributed by atoms with Gasteiger partial charge in [0, 0.05) is 31.3 Å². The van der Waals surface area contributed by atoms with Gasteiger partial charge in [-0.15, -0.1) is 0 Å². The minimum absolute atomic E-state index is 0.231. The Labute approximate surface area is 126 Å². The van der Waals surface area contributed by atoms with Crippen molar-refractivity contribution in [1.29, 1.82) is 0 Å². The number of hydrogen-bond donors (Lipinski definition) is 0. The molecular formula is C16H24N2O3. The summed E-state index contributed by atoms with van der Waals surface area (Å²) < 4.78 is 11.1. The molecule has 1 amide bonds. The molecule has 21 heavy (non-hydrogen) atoms. The van der Waals surface area contributed by atoms with Crippen LogP contribution in [-0.4, -0.2) is 41.3 Å². The van der Waals surface area contributed by atoms with Crippen molar-refractivity contribution in [1.82, 2.24) is 9.88 Å². The Bertz CT molecular complexity index is 456. The Morgan fingerprint density at radius 1 is 1.43 bits per heavy atom. The van der Waals surface area contributed by atoms with Crippen LogP contribution in [0.4, 0.5) is 4.79 Å². The van der Waals surface area contributed by atoms with Gasteiger partial charge in [-0.1, -0.05) is 6.07 Å². The molecule has 0 aromatic carbocycles. The predicted molar refractivity (Wildman–Crippen MR) is 80.3 cm³/mol. The molecule has 2 heterocycles. The third-order valence-corrected chi connectivity index (χ3v) is 3.28. The Hall–Kier alpha value is -1.78. The van der Waals surface area contributed by atoms with Crippen LogP contribution in [-0.2, 0) is 4.74 Å². The van der Waals surface area contributed by atoms with Crippen LogP contribution >= 0.6 is 0 Å². The van der Waals surface area contributed by atoms with Crippen molar-refractivity contribution >= 4 is 6.09 Å². The fourth-order valence-electron chi connectivity index (χ4n) is 2.33. The number of likely N-dealkylation sites (tertiary alicyclic amines) is 1. The highest BCUT2D eigenvalue weighted by Gasteiger charge is 2.27. The summed E-state index contributed by atoms with van der Waals surface area (Å²) in [7, 11) is 0. The minimum Gasteiger partial charge on any atom is -0.477 e. The zero-order chi connectivity index (χ0) is 15.3. The fourth-order valence-corrected chi connectivity index (χ4v) is 2.33. The lowest BCUT2D eigenvalue weighted by Gasteiger charge is -2.33. The molecule has 0 unspecified atom stereocenters.